The molecule has 0 atom stereocenters. The van der Waals surface area contributed by atoms with Gasteiger partial charge in [-0.3, -0.25) is 4.79 Å². The molecule has 0 radical (unpaired) electrons. The van der Waals surface area contributed by atoms with Crippen LogP contribution in [0.25, 0.3) is 0 Å². The van der Waals surface area contributed by atoms with Gasteiger partial charge in [-0.25, -0.2) is 4.98 Å². The third-order valence-electron chi connectivity index (χ3n) is 4.02. The number of hydrogen-bond donors (Lipinski definition) is 1. The molecular formula is C14H23N3O2. The molecule has 1 aliphatic rings. The molecule has 1 saturated heterocycles. The van der Waals surface area contributed by atoms with Gasteiger partial charge in [-0.05, 0) is 24.2 Å². The van der Waals surface area contributed by atoms with Crippen molar-refractivity contribution in [3.8, 4) is 5.75 Å². The predicted octanol–water partition coefficient (Wildman–Crippen LogP) is 2.04. The highest BCUT2D eigenvalue weighted by Gasteiger charge is 2.30. The normalized spacial score (nSPS) is 17.6. The lowest BCUT2D eigenvalue weighted by molar-refractivity contribution is 0.198. The van der Waals surface area contributed by atoms with Crippen LogP contribution in [0.15, 0.2) is 11.1 Å². The summed E-state index contributed by atoms with van der Waals surface area (Å²) in [5, 5.41) is 0. The van der Waals surface area contributed by atoms with Gasteiger partial charge in [0.2, 0.25) is 5.75 Å². The maximum absolute atomic E-state index is 11.7. The van der Waals surface area contributed by atoms with Crippen LogP contribution in [-0.2, 0) is 0 Å². The van der Waals surface area contributed by atoms with Crippen molar-refractivity contribution in [2.45, 2.75) is 33.6 Å². The highest BCUT2D eigenvalue weighted by Crippen LogP contribution is 2.36. The van der Waals surface area contributed by atoms with Gasteiger partial charge in [0.25, 0.3) is 5.56 Å². The number of methoxy groups -OCH3 is 1. The molecule has 0 spiro atoms. The van der Waals surface area contributed by atoms with E-state index in [9.17, 15) is 4.79 Å². The monoisotopic (exact) mass is 265 g/mol. The number of rotatable bonds is 2. The van der Waals surface area contributed by atoms with E-state index in [2.05, 4.69) is 35.6 Å². The van der Waals surface area contributed by atoms with E-state index in [0.717, 1.165) is 31.8 Å². The Bertz CT molecular complexity index is 482. The molecule has 0 aromatic carbocycles. The molecule has 0 unspecified atom stereocenters. The first-order valence-corrected chi connectivity index (χ1v) is 6.80. The summed E-state index contributed by atoms with van der Waals surface area (Å²) >= 11 is 0. The summed E-state index contributed by atoms with van der Waals surface area (Å²) in [5.41, 5.74) is 0.128. The Morgan fingerprint density at radius 2 is 2.00 bits per heavy atom. The molecule has 0 amide bonds. The van der Waals surface area contributed by atoms with Crippen molar-refractivity contribution in [1.29, 1.82) is 0 Å². The summed E-state index contributed by atoms with van der Waals surface area (Å²) in [4.78, 5) is 20.7. The molecule has 0 bridgehead atoms. The van der Waals surface area contributed by atoms with Gasteiger partial charge >= 0.3 is 0 Å². The van der Waals surface area contributed by atoms with Crippen molar-refractivity contribution in [2.24, 2.45) is 11.3 Å². The quantitative estimate of drug-likeness (QED) is 0.889. The Kier molecular flexibility index (Phi) is 3.83. The fraction of sp³-hybridized carbons (Fsp3) is 0.714. The van der Waals surface area contributed by atoms with Crippen LogP contribution in [0, 0.1) is 11.3 Å². The fourth-order valence-corrected chi connectivity index (χ4v) is 2.74. The van der Waals surface area contributed by atoms with Crippen molar-refractivity contribution < 1.29 is 4.74 Å². The van der Waals surface area contributed by atoms with Gasteiger partial charge in [0.05, 0.1) is 13.4 Å². The number of piperidine rings is 1. The van der Waals surface area contributed by atoms with E-state index in [0.29, 0.717) is 17.0 Å². The summed E-state index contributed by atoms with van der Waals surface area (Å²) in [6.07, 6.45) is 3.69. The number of H-pyrrole nitrogens is 1. The summed E-state index contributed by atoms with van der Waals surface area (Å²) in [6.45, 7) is 8.72. The van der Waals surface area contributed by atoms with Crippen molar-refractivity contribution in [1.82, 2.24) is 9.97 Å². The Morgan fingerprint density at radius 3 is 2.53 bits per heavy atom. The molecule has 0 aliphatic carbocycles. The standard InChI is InChI=1S/C14H23N3O2/c1-14(2,3)10-5-7-17(8-6-10)12-11(19-4)13(18)16-9-15-12/h9-10H,5-8H2,1-4H3,(H,15,16,18). The molecule has 0 saturated carbocycles. The van der Waals surface area contributed by atoms with Crippen LogP contribution < -0.4 is 15.2 Å². The number of aromatic nitrogens is 2. The largest absolute Gasteiger partial charge is 0.489 e. The van der Waals surface area contributed by atoms with E-state index in [1.807, 2.05) is 0 Å². The molecule has 19 heavy (non-hydrogen) atoms. The van der Waals surface area contributed by atoms with E-state index >= 15 is 0 Å². The van der Waals surface area contributed by atoms with Gasteiger partial charge in [-0.1, -0.05) is 20.8 Å². The minimum Gasteiger partial charge on any atom is -0.489 e. The van der Waals surface area contributed by atoms with Crippen molar-refractivity contribution >= 4 is 5.82 Å². The topological polar surface area (TPSA) is 58.2 Å². The average molecular weight is 265 g/mol. The molecule has 1 N–H and O–H groups in total. The highest BCUT2D eigenvalue weighted by atomic mass is 16.5. The van der Waals surface area contributed by atoms with E-state index in [-0.39, 0.29) is 5.56 Å². The summed E-state index contributed by atoms with van der Waals surface area (Å²) < 4.78 is 5.18. The Balaban J connectivity index is 2.14. The van der Waals surface area contributed by atoms with Gasteiger partial charge < -0.3 is 14.6 Å². The zero-order valence-electron chi connectivity index (χ0n) is 12.2. The fourth-order valence-electron chi connectivity index (χ4n) is 2.74. The lowest BCUT2D eigenvalue weighted by atomic mass is 9.75. The smallest absolute Gasteiger partial charge is 0.295 e. The van der Waals surface area contributed by atoms with Crippen LogP contribution in [0.3, 0.4) is 0 Å². The molecule has 5 heteroatoms. The third-order valence-corrected chi connectivity index (χ3v) is 4.02. The zero-order chi connectivity index (χ0) is 14.0. The summed E-state index contributed by atoms with van der Waals surface area (Å²) in [7, 11) is 1.51. The minimum absolute atomic E-state index is 0.217. The molecule has 1 aliphatic heterocycles. The predicted molar refractivity (Wildman–Crippen MR) is 75.8 cm³/mol. The van der Waals surface area contributed by atoms with Crippen LogP contribution in [0.4, 0.5) is 5.82 Å². The van der Waals surface area contributed by atoms with Crippen molar-refractivity contribution in [3.63, 3.8) is 0 Å². The average Bonchev–Trinajstić information content (AvgIpc) is 2.37. The molecule has 1 fully saturated rings. The van der Waals surface area contributed by atoms with Crippen molar-refractivity contribution in [2.75, 3.05) is 25.1 Å². The number of nitrogens with one attached hydrogen (secondary N) is 1. The molecular weight excluding hydrogens is 242 g/mol. The van der Waals surface area contributed by atoms with Crippen molar-refractivity contribution in [3.05, 3.63) is 16.7 Å². The first-order chi connectivity index (χ1) is 8.93. The molecule has 106 valence electrons. The number of hydrogen-bond acceptors (Lipinski definition) is 4. The van der Waals surface area contributed by atoms with Crippen LogP contribution >= 0.6 is 0 Å². The van der Waals surface area contributed by atoms with Gasteiger partial charge in [0.1, 0.15) is 0 Å². The molecule has 2 heterocycles. The van der Waals surface area contributed by atoms with E-state index in [1.54, 1.807) is 0 Å². The maximum atomic E-state index is 11.7. The lowest BCUT2D eigenvalue weighted by Crippen LogP contribution is -2.39. The minimum atomic E-state index is -0.217. The molecule has 2 rings (SSSR count). The second-order valence-electron chi connectivity index (χ2n) is 6.22. The Labute approximate surface area is 114 Å². The zero-order valence-corrected chi connectivity index (χ0v) is 12.2. The van der Waals surface area contributed by atoms with Gasteiger partial charge in [-0.2, -0.15) is 0 Å². The molecule has 5 nitrogen and oxygen atoms in total. The Morgan fingerprint density at radius 1 is 1.37 bits per heavy atom. The van der Waals surface area contributed by atoms with E-state index in [1.165, 1.54) is 13.4 Å². The Hall–Kier alpha value is -1.52. The second kappa shape index (κ2) is 5.23. The SMILES string of the molecule is COc1c(N2CCC(C(C)(C)C)CC2)nc[nH]c1=O. The first kappa shape index (κ1) is 13.9. The van der Waals surface area contributed by atoms with Crippen LogP contribution in [-0.4, -0.2) is 30.2 Å². The van der Waals surface area contributed by atoms with E-state index < -0.39 is 0 Å². The first-order valence-electron chi connectivity index (χ1n) is 6.80. The third kappa shape index (κ3) is 2.91. The van der Waals surface area contributed by atoms with Crippen LogP contribution in [0.5, 0.6) is 5.75 Å². The number of ether oxygens (including phenoxy) is 1. The number of anilines is 1. The van der Waals surface area contributed by atoms with Crippen LogP contribution in [0.1, 0.15) is 33.6 Å². The van der Waals surface area contributed by atoms with Gasteiger partial charge in [0.15, 0.2) is 5.82 Å². The summed E-state index contributed by atoms with van der Waals surface area (Å²) in [5.74, 6) is 1.70. The number of nitrogens with zero attached hydrogens (tertiary/aromatic N) is 2. The molecule has 1 aromatic rings. The maximum Gasteiger partial charge on any atom is 0.295 e. The summed E-state index contributed by atoms with van der Waals surface area (Å²) in [6, 6.07) is 0. The number of aromatic amines is 1. The highest BCUT2D eigenvalue weighted by molar-refractivity contribution is 5.50. The molecule has 1 aromatic heterocycles. The lowest BCUT2D eigenvalue weighted by Gasteiger charge is -2.39. The second-order valence-corrected chi connectivity index (χ2v) is 6.22. The van der Waals surface area contributed by atoms with Crippen LogP contribution in [0.2, 0.25) is 0 Å². The van der Waals surface area contributed by atoms with Gasteiger partial charge in [0, 0.05) is 13.1 Å². The van der Waals surface area contributed by atoms with Gasteiger partial charge in [-0.15, -0.1) is 0 Å². The van der Waals surface area contributed by atoms with E-state index in [4.69, 9.17) is 4.74 Å².